The van der Waals surface area contributed by atoms with Gasteiger partial charge >= 0.3 is 0 Å². The highest BCUT2D eigenvalue weighted by Gasteiger charge is 2.14. The molecule has 0 atom stereocenters. The summed E-state index contributed by atoms with van der Waals surface area (Å²) in [5, 5.41) is 11.0. The second-order valence-electron chi connectivity index (χ2n) is 4.91. The Morgan fingerprint density at radius 1 is 1.28 bits per heavy atom. The zero-order chi connectivity index (χ0) is 18.2. The first-order valence-corrected chi connectivity index (χ1v) is 9.57. The molecule has 1 heterocycles. The van der Waals surface area contributed by atoms with Gasteiger partial charge in [0.25, 0.3) is 5.91 Å². The van der Waals surface area contributed by atoms with E-state index in [0.29, 0.717) is 39.6 Å². The SMILES string of the molecule is CCN(CC)C(=O)CSc1nnc(NC(=O)c2cccc(OC)c2)s1. The summed E-state index contributed by atoms with van der Waals surface area (Å²) in [4.78, 5) is 26.0. The van der Waals surface area contributed by atoms with Gasteiger partial charge in [-0.2, -0.15) is 0 Å². The summed E-state index contributed by atoms with van der Waals surface area (Å²) in [7, 11) is 1.55. The smallest absolute Gasteiger partial charge is 0.257 e. The summed E-state index contributed by atoms with van der Waals surface area (Å²) in [5.74, 6) is 0.689. The van der Waals surface area contributed by atoms with Crippen LogP contribution in [0.25, 0.3) is 0 Å². The molecule has 0 aliphatic carbocycles. The highest BCUT2D eigenvalue weighted by Crippen LogP contribution is 2.26. The molecule has 0 spiro atoms. The Kier molecular flexibility index (Phi) is 7.20. The standard InChI is InChI=1S/C16H20N4O3S2/c1-4-20(5-2)13(21)10-24-16-19-18-15(25-16)17-14(22)11-7-6-8-12(9-11)23-3/h6-9H,4-5,10H2,1-3H3,(H,17,18,22). The lowest BCUT2D eigenvalue weighted by Crippen LogP contribution is -2.31. The fraction of sp³-hybridized carbons (Fsp3) is 0.375. The largest absolute Gasteiger partial charge is 0.497 e. The van der Waals surface area contributed by atoms with Crippen molar-refractivity contribution in [2.45, 2.75) is 18.2 Å². The van der Waals surface area contributed by atoms with Gasteiger partial charge in [0.05, 0.1) is 12.9 Å². The van der Waals surface area contributed by atoms with Crippen molar-refractivity contribution in [3.05, 3.63) is 29.8 Å². The molecule has 25 heavy (non-hydrogen) atoms. The first-order chi connectivity index (χ1) is 12.1. The number of hydrogen-bond donors (Lipinski definition) is 1. The number of rotatable bonds is 8. The lowest BCUT2D eigenvalue weighted by Gasteiger charge is -2.17. The number of aromatic nitrogens is 2. The van der Waals surface area contributed by atoms with Crippen LogP contribution in [0.3, 0.4) is 0 Å². The average molecular weight is 380 g/mol. The van der Waals surface area contributed by atoms with Crippen LogP contribution in [0.2, 0.25) is 0 Å². The summed E-state index contributed by atoms with van der Waals surface area (Å²) in [5.41, 5.74) is 0.473. The molecule has 0 unspecified atom stereocenters. The van der Waals surface area contributed by atoms with Gasteiger partial charge in [-0.3, -0.25) is 14.9 Å². The maximum atomic E-state index is 12.2. The average Bonchev–Trinajstić information content (AvgIpc) is 3.08. The monoisotopic (exact) mass is 380 g/mol. The van der Waals surface area contributed by atoms with E-state index in [4.69, 9.17) is 4.74 Å². The van der Waals surface area contributed by atoms with Crippen LogP contribution in [-0.2, 0) is 4.79 Å². The Bertz CT molecular complexity index is 732. The topological polar surface area (TPSA) is 84.4 Å². The Hall–Kier alpha value is -2.13. The number of ether oxygens (including phenoxy) is 1. The normalized spacial score (nSPS) is 10.4. The lowest BCUT2D eigenvalue weighted by atomic mass is 10.2. The van der Waals surface area contributed by atoms with E-state index in [1.807, 2.05) is 13.8 Å². The summed E-state index contributed by atoms with van der Waals surface area (Å²) >= 11 is 2.56. The van der Waals surface area contributed by atoms with Crippen LogP contribution in [0.1, 0.15) is 24.2 Å². The number of thioether (sulfide) groups is 1. The molecule has 2 rings (SSSR count). The first-order valence-electron chi connectivity index (χ1n) is 7.76. The molecule has 0 bridgehead atoms. The molecule has 1 aromatic carbocycles. The van der Waals surface area contributed by atoms with Crippen molar-refractivity contribution >= 4 is 40.0 Å². The van der Waals surface area contributed by atoms with Crippen LogP contribution in [-0.4, -0.2) is 52.9 Å². The van der Waals surface area contributed by atoms with Crippen LogP contribution in [0.4, 0.5) is 5.13 Å². The Labute approximate surface area is 154 Å². The van der Waals surface area contributed by atoms with Gasteiger partial charge in [-0.15, -0.1) is 10.2 Å². The Morgan fingerprint density at radius 2 is 2.04 bits per heavy atom. The van der Waals surface area contributed by atoms with E-state index >= 15 is 0 Å². The molecule has 9 heteroatoms. The highest BCUT2D eigenvalue weighted by molar-refractivity contribution is 8.01. The Balaban J connectivity index is 1.92. The van der Waals surface area contributed by atoms with Gasteiger partial charge < -0.3 is 9.64 Å². The third-order valence-electron chi connectivity index (χ3n) is 3.39. The number of carbonyl (C=O) groups is 2. The number of methoxy groups -OCH3 is 1. The van der Waals surface area contributed by atoms with E-state index < -0.39 is 0 Å². The van der Waals surface area contributed by atoms with Crippen molar-refractivity contribution in [3.8, 4) is 5.75 Å². The van der Waals surface area contributed by atoms with E-state index in [1.165, 1.54) is 23.1 Å². The fourth-order valence-corrected chi connectivity index (χ4v) is 3.69. The van der Waals surface area contributed by atoms with Crippen molar-refractivity contribution in [3.63, 3.8) is 0 Å². The Morgan fingerprint density at radius 3 is 2.72 bits per heavy atom. The summed E-state index contributed by atoms with van der Waals surface area (Å²) in [6, 6.07) is 6.85. The van der Waals surface area contributed by atoms with Crippen molar-refractivity contribution in [2.24, 2.45) is 0 Å². The van der Waals surface area contributed by atoms with Crippen molar-refractivity contribution in [1.29, 1.82) is 0 Å². The van der Waals surface area contributed by atoms with Gasteiger partial charge in [0.15, 0.2) is 4.34 Å². The number of anilines is 1. The highest BCUT2D eigenvalue weighted by atomic mass is 32.2. The van der Waals surface area contributed by atoms with E-state index in [0.717, 1.165) is 0 Å². The molecule has 2 amide bonds. The first kappa shape index (κ1) is 19.2. The molecule has 1 N–H and O–H groups in total. The summed E-state index contributed by atoms with van der Waals surface area (Å²) in [6.45, 7) is 5.27. The molecule has 1 aromatic heterocycles. The number of amides is 2. The van der Waals surface area contributed by atoms with Gasteiger partial charge in [-0.05, 0) is 32.0 Å². The number of hydrogen-bond acceptors (Lipinski definition) is 7. The molecule has 0 fully saturated rings. The quantitative estimate of drug-likeness (QED) is 0.560. The van der Waals surface area contributed by atoms with Gasteiger partial charge in [0.1, 0.15) is 5.75 Å². The van der Waals surface area contributed by atoms with Crippen LogP contribution >= 0.6 is 23.1 Å². The van der Waals surface area contributed by atoms with Crippen LogP contribution in [0, 0.1) is 0 Å². The third-order valence-corrected chi connectivity index (χ3v) is 5.35. The molecule has 0 radical (unpaired) electrons. The predicted molar refractivity (Wildman–Crippen MR) is 99.5 cm³/mol. The molecule has 0 aliphatic rings. The van der Waals surface area contributed by atoms with Crippen LogP contribution in [0.15, 0.2) is 28.6 Å². The summed E-state index contributed by atoms with van der Waals surface area (Å²) < 4.78 is 5.75. The fourth-order valence-electron chi connectivity index (χ4n) is 2.04. The van der Waals surface area contributed by atoms with E-state index in [1.54, 1.807) is 36.3 Å². The molecular weight excluding hydrogens is 360 g/mol. The second-order valence-corrected chi connectivity index (χ2v) is 7.11. The third kappa shape index (κ3) is 5.43. The minimum absolute atomic E-state index is 0.0622. The zero-order valence-electron chi connectivity index (χ0n) is 14.3. The number of benzene rings is 1. The van der Waals surface area contributed by atoms with E-state index in [2.05, 4.69) is 15.5 Å². The maximum absolute atomic E-state index is 12.2. The molecule has 0 saturated carbocycles. The molecular formula is C16H20N4O3S2. The van der Waals surface area contributed by atoms with Crippen molar-refractivity contribution in [1.82, 2.24) is 15.1 Å². The number of nitrogens with one attached hydrogen (secondary N) is 1. The maximum Gasteiger partial charge on any atom is 0.257 e. The van der Waals surface area contributed by atoms with Crippen molar-refractivity contribution in [2.75, 3.05) is 31.3 Å². The van der Waals surface area contributed by atoms with Gasteiger partial charge in [-0.1, -0.05) is 29.2 Å². The summed E-state index contributed by atoms with van der Waals surface area (Å²) in [6.07, 6.45) is 0. The van der Waals surface area contributed by atoms with Crippen LogP contribution in [0.5, 0.6) is 5.75 Å². The van der Waals surface area contributed by atoms with Gasteiger partial charge in [0, 0.05) is 18.7 Å². The predicted octanol–water partition coefficient (Wildman–Crippen LogP) is 2.76. The van der Waals surface area contributed by atoms with E-state index in [-0.39, 0.29) is 11.8 Å². The zero-order valence-corrected chi connectivity index (χ0v) is 15.9. The molecule has 0 aliphatic heterocycles. The molecule has 0 saturated heterocycles. The minimum atomic E-state index is -0.286. The van der Waals surface area contributed by atoms with Gasteiger partial charge in [-0.25, -0.2) is 0 Å². The number of nitrogens with zero attached hydrogens (tertiary/aromatic N) is 3. The molecule has 2 aromatic rings. The minimum Gasteiger partial charge on any atom is -0.497 e. The van der Waals surface area contributed by atoms with E-state index in [9.17, 15) is 9.59 Å². The van der Waals surface area contributed by atoms with Gasteiger partial charge in [0.2, 0.25) is 11.0 Å². The second kappa shape index (κ2) is 9.38. The van der Waals surface area contributed by atoms with Crippen molar-refractivity contribution < 1.29 is 14.3 Å². The van der Waals surface area contributed by atoms with Crippen LogP contribution < -0.4 is 10.1 Å². The number of carbonyl (C=O) groups excluding carboxylic acids is 2. The molecule has 7 nitrogen and oxygen atoms in total. The molecule has 134 valence electrons. The lowest BCUT2D eigenvalue weighted by molar-refractivity contribution is -0.127.